The Morgan fingerprint density at radius 2 is 1.82 bits per heavy atom. The van der Waals surface area contributed by atoms with Crippen LogP contribution in [0.15, 0.2) is 42.5 Å². The summed E-state index contributed by atoms with van der Waals surface area (Å²) < 4.78 is 0. The van der Waals surface area contributed by atoms with Gasteiger partial charge in [0, 0.05) is 0 Å². The summed E-state index contributed by atoms with van der Waals surface area (Å²) in [6.45, 7) is 0. The summed E-state index contributed by atoms with van der Waals surface area (Å²) in [4.78, 5) is 0. The van der Waals surface area contributed by atoms with Gasteiger partial charge in [-0.3, -0.25) is 0 Å². The molecule has 0 aromatic rings. The van der Waals surface area contributed by atoms with Gasteiger partial charge in [0.1, 0.15) is 0 Å². The van der Waals surface area contributed by atoms with Crippen molar-refractivity contribution in [2.24, 2.45) is 0 Å². The third kappa shape index (κ3) is 4.38. The van der Waals surface area contributed by atoms with Crippen LogP contribution in [0, 0.1) is 6.08 Å². The molecule has 0 spiro atoms. The molecule has 0 fully saturated rings. The first-order valence-corrected chi connectivity index (χ1v) is 4.04. The zero-order valence-corrected chi connectivity index (χ0v) is 6.66. The molecule has 0 aliphatic heterocycles. The molecule has 0 saturated heterocycles. The molecule has 57 valence electrons. The van der Waals surface area contributed by atoms with Crippen molar-refractivity contribution >= 4 is 0 Å². The minimum absolute atomic E-state index is 1.00. The summed E-state index contributed by atoms with van der Waals surface area (Å²) in [5.74, 6) is 0. The standard InChI is InChI=1S/C11H13/c1-2-4-6-8-10-11-9-7-5-3-1/h1-4,8-9,11H,5,7,10H2. The topological polar surface area (TPSA) is 0 Å². The Hall–Kier alpha value is -1.04. The molecule has 11 heavy (non-hydrogen) atoms. The Kier molecular flexibility index (Phi) is 4.19. The van der Waals surface area contributed by atoms with Crippen LogP contribution in [0.5, 0.6) is 0 Å². The minimum Gasteiger partial charge on any atom is -0.0879 e. The van der Waals surface area contributed by atoms with Crippen LogP contribution < -0.4 is 0 Å². The SMILES string of the molecule is [C]1=CCC=CCCC=CC=C1. The summed E-state index contributed by atoms with van der Waals surface area (Å²) >= 11 is 0. The normalized spacial score (nSPS) is 18.2. The van der Waals surface area contributed by atoms with E-state index in [1.54, 1.807) is 0 Å². The predicted molar refractivity (Wildman–Crippen MR) is 49.1 cm³/mol. The third-order valence-corrected chi connectivity index (χ3v) is 1.48. The number of hydrogen-bond acceptors (Lipinski definition) is 0. The lowest BCUT2D eigenvalue weighted by Gasteiger charge is -1.83. The largest absolute Gasteiger partial charge is 0.0879 e. The Labute approximate surface area is 68.6 Å². The van der Waals surface area contributed by atoms with Crippen molar-refractivity contribution in [3.63, 3.8) is 0 Å². The molecule has 0 bridgehead atoms. The molecule has 1 aliphatic rings. The van der Waals surface area contributed by atoms with Crippen LogP contribution in [0.3, 0.4) is 0 Å². The zero-order valence-electron chi connectivity index (χ0n) is 6.66. The maximum Gasteiger partial charge on any atom is -0.0160 e. The second-order valence-corrected chi connectivity index (χ2v) is 2.44. The Balaban J connectivity index is 2.47. The van der Waals surface area contributed by atoms with E-state index in [0.29, 0.717) is 0 Å². The van der Waals surface area contributed by atoms with Gasteiger partial charge in [-0.05, 0) is 25.3 Å². The second-order valence-electron chi connectivity index (χ2n) is 2.44. The molecule has 0 aromatic carbocycles. The van der Waals surface area contributed by atoms with Crippen LogP contribution in [0.1, 0.15) is 19.3 Å². The lowest BCUT2D eigenvalue weighted by molar-refractivity contribution is 1.04. The minimum atomic E-state index is 1.00. The molecule has 1 radical (unpaired) electrons. The fourth-order valence-corrected chi connectivity index (χ4v) is 0.897. The molecule has 0 N–H and O–H groups in total. The van der Waals surface area contributed by atoms with E-state index >= 15 is 0 Å². The van der Waals surface area contributed by atoms with Crippen LogP contribution in [0.2, 0.25) is 0 Å². The maximum absolute atomic E-state index is 3.07. The van der Waals surface area contributed by atoms with Gasteiger partial charge in [-0.15, -0.1) is 0 Å². The van der Waals surface area contributed by atoms with Gasteiger partial charge >= 0.3 is 0 Å². The highest BCUT2D eigenvalue weighted by molar-refractivity contribution is 5.09. The van der Waals surface area contributed by atoms with E-state index in [1.165, 1.54) is 0 Å². The molecular weight excluding hydrogens is 132 g/mol. The smallest absolute Gasteiger partial charge is 0.0160 e. The fraction of sp³-hybridized carbons (Fsp3) is 0.273. The van der Waals surface area contributed by atoms with E-state index in [9.17, 15) is 0 Å². The van der Waals surface area contributed by atoms with Gasteiger partial charge in [-0.25, -0.2) is 0 Å². The van der Waals surface area contributed by atoms with Crippen molar-refractivity contribution in [3.05, 3.63) is 48.6 Å². The summed E-state index contributed by atoms with van der Waals surface area (Å²) in [5, 5.41) is 0. The van der Waals surface area contributed by atoms with E-state index in [-0.39, 0.29) is 0 Å². The highest BCUT2D eigenvalue weighted by atomic mass is 13.8. The van der Waals surface area contributed by atoms with Crippen LogP contribution in [-0.2, 0) is 0 Å². The van der Waals surface area contributed by atoms with Gasteiger partial charge in [-0.1, -0.05) is 42.5 Å². The predicted octanol–water partition coefficient (Wildman–Crippen LogP) is 3.20. The van der Waals surface area contributed by atoms with E-state index in [0.717, 1.165) is 19.3 Å². The first kappa shape index (κ1) is 8.06. The van der Waals surface area contributed by atoms with Crippen molar-refractivity contribution < 1.29 is 0 Å². The van der Waals surface area contributed by atoms with E-state index in [2.05, 4.69) is 30.4 Å². The van der Waals surface area contributed by atoms with Crippen molar-refractivity contribution in [2.75, 3.05) is 0 Å². The van der Waals surface area contributed by atoms with Gasteiger partial charge in [0.25, 0.3) is 0 Å². The van der Waals surface area contributed by atoms with E-state index in [4.69, 9.17) is 0 Å². The monoisotopic (exact) mass is 145 g/mol. The Morgan fingerprint density at radius 3 is 2.82 bits per heavy atom. The molecule has 0 unspecified atom stereocenters. The molecule has 1 rings (SSSR count). The molecular formula is C11H13. The lowest BCUT2D eigenvalue weighted by atomic mass is 10.2. The molecule has 0 saturated carbocycles. The van der Waals surface area contributed by atoms with Crippen LogP contribution in [0.4, 0.5) is 0 Å². The number of hydrogen-bond donors (Lipinski definition) is 0. The van der Waals surface area contributed by atoms with Crippen LogP contribution in [-0.4, -0.2) is 0 Å². The quantitative estimate of drug-likeness (QED) is 0.459. The average molecular weight is 145 g/mol. The number of rotatable bonds is 0. The third-order valence-electron chi connectivity index (χ3n) is 1.48. The van der Waals surface area contributed by atoms with Crippen molar-refractivity contribution in [3.8, 4) is 0 Å². The zero-order chi connectivity index (χ0) is 7.78. The Bertz CT molecular complexity index is 192. The van der Waals surface area contributed by atoms with Crippen LogP contribution >= 0.6 is 0 Å². The molecule has 0 aromatic heterocycles. The van der Waals surface area contributed by atoms with Crippen LogP contribution in [0.25, 0.3) is 0 Å². The second kappa shape index (κ2) is 5.72. The molecule has 0 nitrogen and oxygen atoms in total. The summed E-state index contributed by atoms with van der Waals surface area (Å²) in [6.07, 6.45) is 21.0. The van der Waals surface area contributed by atoms with Gasteiger partial charge in [0.2, 0.25) is 0 Å². The van der Waals surface area contributed by atoms with Gasteiger partial charge < -0.3 is 0 Å². The molecule has 0 heteroatoms. The summed E-state index contributed by atoms with van der Waals surface area (Å²) in [5.41, 5.74) is 0. The van der Waals surface area contributed by atoms with Gasteiger partial charge in [-0.2, -0.15) is 0 Å². The molecule has 0 atom stereocenters. The highest BCUT2D eigenvalue weighted by Gasteiger charge is 1.76. The molecule has 1 aliphatic carbocycles. The summed E-state index contributed by atoms with van der Waals surface area (Å²) in [7, 11) is 0. The first-order valence-electron chi connectivity index (χ1n) is 4.04. The number of allylic oxidation sites excluding steroid dienone is 8. The van der Waals surface area contributed by atoms with Gasteiger partial charge in [0.15, 0.2) is 0 Å². The highest BCUT2D eigenvalue weighted by Crippen LogP contribution is 1.97. The Morgan fingerprint density at radius 1 is 0.909 bits per heavy atom. The fourth-order valence-electron chi connectivity index (χ4n) is 0.897. The maximum atomic E-state index is 3.07. The van der Waals surface area contributed by atoms with Crippen molar-refractivity contribution in [1.82, 2.24) is 0 Å². The first-order chi connectivity index (χ1) is 5.50. The summed E-state index contributed by atoms with van der Waals surface area (Å²) in [6, 6.07) is 0. The van der Waals surface area contributed by atoms with Crippen molar-refractivity contribution in [2.45, 2.75) is 19.3 Å². The van der Waals surface area contributed by atoms with E-state index in [1.807, 2.05) is 18.2 Å². The van der Waals surface area contributed by atoms with Gasteiger partial charge in [0.05, 0.1) is 0 Å². The van der Waals surface area contributed by atoms with Crippen molar-refractivity contribution in [1.29, 1.82) is 0 Å². The molecule has 0 heterocycles. The lowest BCUT2D eigenvalue weighted by Crippen LogP contribution is -1.63. The van der Waals surface area contributed by atoms with E-state index < -0.39 is 0 Å². The molecule has 0 amide bonds. The average Bonchev–Trinajstić information content (AvgIpc) is 2.08.